The highest BCUT2D eigenvalue weighted by Gasteiger charge is 1.83. The van der Waals surface area contributed by atoms with Gasteiger partial charge in [0.1, 0.15) is 0 Å². The third kappa shape index (κ3) is 1.20. The van der Waals surface area contributed by atoms with Crippen LogP contribution in [0.25, 0.3) is 0 Å². The molecular weight excluding hydrogens is 116 g/mol. The summed E-state index contributed by atoms with van der Waals surface area (Å²) in [6.45, 7) is 2.28. The highest BCUT2D eigenvalue weighted by atomic mass is 28.2. The molecule has 1 heterocycles. The van der Waals surface area contributed by atoms with Crippen LogP contribution in [0.4, 0.5) is 0 Å². The fourth-order valence-corrected chi connectivity index (χ4v) is 1.38. The first kappa shape index (κ1) is 5.56. The van der Waals surface area contributed by atoms with Gasteiger partial charge in [0.2, 0.25) is 0 Å². The SMILES string of the molecule is C[SiH2]Cn1cccn1. The molecule has 2 nitrogen and oxygen atoms in total. The fourth-order valence-electron chi connectivity index (χ4n) is 0.662. The summed E-state index contributed by atoms with van der Waals surface area (Å²) in [7, 11) is 0.145. The zero-order valence-electron chi connectivity index (χ0n) is 5.04. The lowest BCUT2D eigenvalue weighted by atomic mass is 10.8. The van der Waals surface area contributed by atoms with Crippen LogP contribution in [0.2, 0.25) is 6.55 Å². The molecule has 0 saturated heterocycles. The van der Waals surface area contributed by atoms with Crippen molar-refractivity contribution >= 4 is 9.52 Å². The molecule has 0 aliphatic carbocycles. The summed E-state index contributed by atoms with van der Waals surface area (Å²) in [4.78, 5) is 0. The van der Waals surface area contributed by atoms with Crippen molar-refractivity contribution in [2.45, 2.75) is 12.7 Å². The van der Waals surface area contributed by atoms with Gasteiger partial charge in [0.25, 0.3) is 0 Å². The smallest absolute Gasteiger partial charge is 0.0489 e. The predicted octanol–water partition coefficient (Wildman–Crippen LogP) is 0.0575. The second-order valence-electron chi connectivity index (χ2n) is 1.77. The molecular formula is C5H10N2Si. The van der Waals surface area contributed by atoms with E-state index in [0.717, 1.165) is 0 Å². The zero-order valence-corrected chi connectivity index (χ0v) is 6.45. The minimum Gasteiger partial charge on any atom is -0.276 e. The molecule has 8 heavy (non-hydrogen) atoms. The third-order valence-corrected chi connectivity index (χ3v) is 1.92. The van der Waals surface area contributed by atoms with Gasteiger partial charge in [-0.1, -0.05) is 6.55 Å². The van der Waals surface area contributed by atoms with Crippen molar-refractivity contribution in [2.24, 2.45) is 0 Å². The van der Waals surface area contributed by atoms with Crippen LogP contribution in [-0.2, 0) is 6.17 Å². The van der Waals surface area contributed by atoms with E-state index in [4.69, 9.17) is 0 Å². The standard InChI is InChI=1S/C5H10N2Si/c1-8-5-7-4-2-3-6-7/h2-4H,5,8H2,1H3. The molecule has 0 saturated carbocycles. The first-order valence-electron chi connectivity index (χ1n) is 2.91. The van der Waals surface area contributed by atoms with E-state index in [1.165, 1.54) is 6.17 Å². The van der Waals surface area contributed by atoms with Gasteiger partial charge in [-0.25, -0.2) is 0 Å². The summed E-state index contributed by atoms with van der Waals surface area (Å²) in [6, 6.07) is 1.96. The third-order valence-electron chi connectivity index (χ3n) is 1.01. The number of hydrogen-bond acceptors (Lipinski definition) is 1. The van der Waals surface area contributed by atoms with E-state index in [-0.39, 0.29) is 9.52 Å². The molecule has 0 radical (unpaired) electrons. The Bertz CT molecular complexity index is 136. The topological polar surface area (TPSA) is 17.8 Å². The van der Waals surface area contributed by atoms with E-state index in [9.17, 15) is 0 Å². The molecule has 0 atom stereocenters. The summed E-state index contributed by atoms with van der Waals surface area (Å²) in [5.41, 5.74) is 0. The van der Waals surface area contributed by atoms with Gasteiger partial charge in [-0.2, -0.15) is 5.10 Å². The summed E-state index contributed by atoms with van der Waals surface area (Å²) in [6.07, 6.45) is 5.01. The molecule has 1 aromatic rings. The van der Waals surface area contributed by atoms with Gasteiger partial charge >= 0.3 is 0 Å². The Hall–Kier alpha value is -0.573. The molecule has 0 bridgehead atoms. The highest BCUT2D eigenvalue weighted by Crippen LogP contribution is 1.80. The lowest BCUT2D eigenvalue weighted by Crippen LogP contribution is -2.01. The van der Waals surface area contributed by atoms with Crippen LogP contribution < -0.4 is 0 Å². The van der Waals surface area contributed by atoms with E-state index in [2.05, 4.69) is 11.6 Å². The van der Waals surface area contributed by atoms with Gasteiger partial charge < -0.3 is 0 Å². The van der Waals surface area contributed by atoms with Crippen LogP contribution >= 0.6 is 0 Å². The average Bonchev–Trinajstić information content (AvgIpc) is 2.19. The van der Waals surface area contributed by atoms with E-state index >= 15 is 0 Å². The molecule has 0 spiro atoms. The van der Waals surface area contributed by atoms with Crippen LogP contribution in [-0.4, -0.2) is 19.3 Å². The summed E-state index contributed by atoms with van der Waals surface area (Å²) >= 11 is 0. The van der Waals surface area contributed by atoms with Crippen molar-refractivity contribution in [3.63, 3.8) is 0 Å². The van der Waals surface area contributed by atoms with Crippen molar-refractivity contribution < 1.29 is 0 Å². The molecule has 0 N–H and O–H groups in total. The Morgan fingerprint density at radius 2 is 2.62 bits per heavy atom. The maximum atomic E-state index is 4.06. The fraction of sp³-hybridized carbons (Fsp3) is 0.400. The van der Waals surface area contributed by atoms with Crippen molar-refractivity contribution in [3.05, 3.63) is 18.5 Å². The lowest BCUT2D eigenvalue weighted by Gasteiger charge is -1.92. The summed E-state index contributed by atoms with van der Waals surface area (Å²) in [5, 5.41) is 4.06. The quantitative estimate of drug-likeness (QED) is 0.512. The van der Waals surface area contributed by atoms with Gasteiger partial charge in [-0.05, 0) is 6.07 Å². The average molecular weight is 126 g/mol. The van der Waals surface area contributed by atoms with Crippen molar-refractivity contribution in [1.29, 1.82) is 0 Å². The van der Waals surface area contributed by atoms with Gasteiger partial charge in [0.15, 0.2) is 0 Å². The Labute approximate surface area is 51.3 Å². The Balaban J connectivity index is 2.50. The summed E-state index contributed by atoms with van der Waals surface area (Å²) < 4.78 is 1.99. The molecule has 44 valence electrons. The van der Waals surface area contributed by atoms with E-state index in [1.54, 1.807) is 0 Å². The van der Waals surface area contributed by atoms with Crippen molar-refractivity contribution in [2.75, 3.05) is 0 Å². The predicted molar refractivity (Wildman–Crippen MR) is 36.6 cm³/mol. The van der Waals surface area contributed by atoms with Crippen molar-refractivity contribution in [3.8, 4) is 0 Å². The van der Waals surface area contributed by atoms with Gasteiger partial charge in [-0.15, -0.1) is 0 Å². The van der Waals surface area contributed by atoms with Gasteiger partial charge in [-0.3, -0.25) is 4.68 Å². The van der Waals surface area contributed by atoms with Crippen LogP contribution in [0, 0.1) is 0 Å². The molecule has 1 rings (SSSR count). The van der Waals surface area contributed by atoms with E-state index < -0.39 is 0 Å². The highest BCUT2D eigenvalue weighted by molar-refractivity contribution is 6.31. The molecule has 3 heteroatoms. The molecule has 0 aliphatic heterocycles. The zero-order chi connectivity index (χ0) is 5.82. The van der Waals surface area contributed by atoms with Crippen LogP contribution in [0.1, 0.15) is 0 Å². The monoisotopic (exact) mass is 126 g/mol. The first-order chi connectivity index (χ1) is 3.93. The number of aromatic nitrogens is 2. The Morgan fingerprint density at radius 3 is 3.12 bits per heavy atom. The Morgan fingerprint density at radius 1 is 1.75 bits per heavy atom. The maximum absolute atomic E-state index is 4.06. The minimum atomic E-state index is 0.145. The largest absolute Gasteiger partial charge is 0.276 e. The number of rotatable bonds is 2. The van der Waals surface area contributed by atoms with Crippen LogP contribution in [0.5, 0.6) is 0 Å². The summed E-state index contributed by atoms with van der Waals surface area (Å²) in [5.74, 6) is 0. The van der Waals surface area contributed by atoms with Gasteiger partial charge in [0, 0.05) is 28.1 Å². The second kappa shape index (κ2) is 2.67. The van der Waals surface area contributed by atoms with E-state index in [0.29, 0.717) is 0 Å². The first-order valence-corrected chi connectivity index (χ1v) is 5.32. The number of nitrogens with zero attached hydrogens (tertiary/aromatic N) is 2. The van der Waals surface area contributed by atoms with Crippen molar-refractivity contribution in [1.82, 2.24) is 9.78 Å². The molecule has 1 aromatic heterocycles. The molecule has 0 amide bonds. The molecule has 0 aliphatic rings. The molecule has 0 fully saturated rings. The normalized spacial score (nSPS) is 11.1. The molecule has 0 unspecified atom stereocenters. The second-order valence-corrected chi connectivity index (χ2v) is 3.22. The molecule has 0 aromatic carbocycles. The number of hydrogen-bond donors (Lipinski definition) is 0. The van der Waals surface area contributed by atoms with Crippen LogP contribution in [0.3, 0.4) is 0 Å². The maximum Gasteiger partial charge on any atom is 0.0489 e. The Kier molecular flexibility index (Phi) is 1.85. The lowest BCUT2D eigenvalue weighted by molar-refractivity contribution is 0.739. The van der Waals surface area contributed by atoms with E-state index in [1.807, 2.05) is 23.1 Å². The van der Waals surface area contributed by atoms with Crippen LogP contribution in [0.15, 0.2) is 18.5 Å². The van der Waals surface area contributed by atoms with Gasteiger partial charge in [0.05, 0.1) is 0 Å². The minimum absolute atomic E-state index is 0.145.